The summed E-state index contributed by atoms with van der Waals surface area (Å²) in [4.78, 5) is 30.7. The van der Waals surface area contributed by atoms with Crippen molar-refractivity contribution in [2.24, 2.45) is 11.7 Å². The molecule has 2 aromatic rings. The lowest BCUT2D eigenvalue weighted by Gasteiger charge is -2.41. The highest BCUT2D eigenvalue weighted by Crippen LogP contribution is 2.52. The molecule has 0 radical (unpaired) electrons. The molecule has 2 unspecified atom stereocenters. The van der Waals surface area contributed by atoms with Crippen molar-refractivity contribution in [1.29, 1.82) is 0 Å². The van der Waals surface area contributed by atoms with Gasteiger partial charge in [0.1, 0.15) is 11.6 Å². The lowest BCUT2D eigenvalue weighted by Crippen LogP contribution is -2.48. The SMILES string of the molecule is CC(C)(C)N1CC(C(=O)N2CCC3(CC2)CC(C(=O)CN)c2ccccc23)[C@H](c2ccc(F)cc2F)C1. The molecule has 5 nitrogen and oxygen atoms in total. The number of ketones is 1. The van der Waals surface area contributed by atoms with Crippen molar-refractivity contribution in [2.45, 2.75) is 62.8 Å². The number of piperidine rings is 1. The predicted octanol–water partition coefficient (Wildman–Crippen LogP) is 4.35. The van der Waals surface area contributed by atoms with Gasteiger partial charge in [0.05, 0.1) is 12.5 Å². The van der Waals surface area contributed by atoms with Gasteiger partial charge >= 0.3 is 0 Å². The minimum atomic E-state index is -0.612. The summed E-state index contributed by atoms with van der Waals surface area (Å²) < 4.78 is 28.5. The first-order chi connectivity index (χ1) is 17.5. The fourth-order valence-corrected chi connectivity index (χ4v) is 6.91. The molecule has 2 aromatic carbocycles. The molecule has 2 N–H and O–H groups in total. The molecule has 1 aliphatic carbocycles. The molecule has 5 rings (SSSR count). The van der Waals surface area contributed by atoms with Crippen LogP contribution in [0.3, 0.4) is 0 Å². The number of halogens is 2. The summed E-state index contributed by atoms with van der Waals surface area (Å²) in [6.45, 7) is 8.62. The number of Topliss-reactive ketones (excluding diaryl/α,β-unsaturated/α-hetero) is 1. The molecule has 3 aliphatic rings. The number of nitrogens with two attached hydrogens (primary N) is 1. The predicted molar refractivity (Wildman–Crippen MR) is 139 cm³/mol. The van der Waals surface area contributed by atoms with Gasteiger partial charge in [-0.1, -0.05) is 30.3 Å². The first kappa shape index (κ1) is 26.0. The number of hydrogen-bond acceptors (Lipinski definition) is 4. The second-order valence-corrected chi connectivity index (χ2v) is 12.1. The van der Waals surface area contributed by atoms with Crippen LogP contribution in [0.25, 0.3) is 0 Å². The van der Waals surface area contributed by atoms with Crippen LogP contribution in [0.5, 0.6) is 0 Å². The second-order valence-electron chi connectivity index (χ2n) is 12.1. The highest BCUT2D eigenvalue weighted by molar-refractivity contribution is 5.89. The van der Waals surface area contributed by atoms with Gasteiger partial charge in [0.2, 0.25) is 5.91 Å². The van der Waals surface area contributed by atoms with Gasteiger partial charge in [0, 0.05) is 49.6 Å². The molecule has 1 spiro atoms. The molecule has 0 aromatic heterocycles. The number of amides is 1. The third-order valence-corrected chi connectivity index (χ3v) is 9.07. The van der Waals surface area contributed by atoms with E-state index < -0.39 is 17.6 Å². The lowest BCUT2D eigenvalue weighted by atomic mass is 9.73. The molecule has 7 heteroatoms. The Kier molecular flexibility index (Phi) is 6.73. The number of fused-ring (bicyclic) bond motifs is 2. The number of benzene rings is 2. The highest BCUT2D eigenvalue weighted by atomic mass is 19.1. The molecule has 2 saturated heterocycles. The third kappa shape index (κ3) is 4.61. The fraction of sp³-hybridized carbons (Fsp3) is 0.533. The van der Waals surface area contributed by atoms with Crippen molar-refractivity contribution < 1.29 is 18.4 Å². The molecular formula is C30H37F2N3O2. The minimum absolute atomic E-state index is 0.0347. The van der Waals surface area contributed by atoms with E-state index in [1.54, 1.807) is 0 Å². The Balaban J connectivity index is 1.37. The average Bonchev–Trinajstić information content (AvgIpc) is 3.45. The number of hydrogen-bond donors (Lipinski definition) is 1. The van der Waals surface area contributed by atoms with Gasteiger partial charge < -0.3 is 10.6 Å². The van der Waals surface area contributed by atoms with Crippen molar-refractivity contribution in [3.05, 3.63) is 70.8 Å². The van der Waals surface area contributed by atoms with E-state index >= 15 is 0 Å². The minimum Gasteiger partial charge on any atom is -0.342 e. The Labute approximate surface area is 218 Å². The van der Waals surface area contributed by atoms with Crippen LogP contribution < -0.4 is 5.73 Å². The normalized spacial score (nSPS) is 25.5. The van der Waals surface area contributed by atoms with Gasteiger partial charge in [-0.05, 0) is 68.2 Å². The topological polar surface area (TPSA) is 66.6 Å². The molecule has 0 bridgehead atoms. The number of carbonyl (C=O) groups is 2. The fourth-order valence-electron chi connectivity index (χ4n) is 6.91. The van der Waals surface area contributed by atoms with Crippen LogP contribution in [0.2, 0.25) is 0 Å². The van der Waals surface area contributed by atoms with Gasteiger partial charge in [-0.3, -0.25) is 14.5 Å². The van der Waals surface area contributed by atoms with Crippen LogP contribution in [-0.4, -0.2) is 59.8 Å². The molecule has 37 heavy (non-hydrogen) atoms. The molecule has 2 heterocycles. The van der Waals surface area contributed by atoms with Gasteiger partial charge in [0.15, 0.2) is 5.78 Å². The first-order valence-corrected chi connectivity index (χ1v) is 13.3. The van der Waals surface area contributed by atoms with Crippen molar-refractivity contribution >= 4 is 11.7 Å². The van der Waals surface area contributed by atoms with E-state index in [1.807, 2.05) is 23.1 Å². The van der Waals surface area contributed by atoms with Crippen LogP contribution in [0.15, 0.2) is 42.5 Å². The van der Waals surface area contributed by atoms with Crippen molar-refractivity contribution in [2.75, 3.05) is 32.7 Å². The maximum atomic E-state index is 14.9. The van der Waals surface area contributed by atoms with Gasteiger partial charge in [0.25, 0.3) is 0 Å². The number of likely N-dealkylation sites (tertiary alicyclic amines) is 2. The van der Waals surface area contributed by atoms with Crippen molar-refractivity contribution in [1.82, 2.24) is 9.80 Å². The molecule has 3 atom stereocenters. The Hall–Kier alpha value is -2.64. The summed E-state index contributed by atoms with van der Waals surface area (Å²) in [6.07, 6.45) is 2.32. The standard InChI is InChI=1S/C30H37F2N3O2/c1-29(2,3)35-17-23(21-9-8-19(31)14-26(21)32)24(18-35)28(37)34-12-10-30(11-13-34)15-22(27(36)16-33)20-6-4-5-7-25(20)30/h4-9,14,22-24H,10-13,15-18,33H2,1-3H3/t22?,23-,24?/m0/s1. The summed E-state index contributed by atoms with van der Waals surface area (Å²) in [5.74, 6) is -1.99. The van der Waals surface area contributed by atoms with E-state index in [9.17, 15) is 18.4 Å². The summed E-state index contributed by atoms with van der Waals surface area (Å²) in [5, 5.41) is 0. The molecule has 1 amide bonds. The third-order valence-electron chi connectivity index (χ3n) is 9.07. The Morgan fingerprint density at radius 3 is 2.38 bits per heavy atom. The quantitative estimate of drug-likeness (QED) is 0.666. The van der Waals surface area contributed by atoms with E-state index in [2.05, 4.69) is 31.7 Å². The monoisotopic (exact) mass is 509 g/mol. The van der Waals surface area contributed by atoms with E-state index in [4.69, 9.17) is 5.73 Å². The van der Waals surface area contributed by atoms with Crippen LogP contribution in [0, 0.1) is 17.6 Å². The van der Waals surface area contributed by atoms with E-state index in [-0.39, 0.29) is 41.0 Å². The van der Waals surface area contributed by atoms with Crippen molar-refractivity contribution in [3.63, 3.8) is 0 Å². The van der Waals surface area contributed by atoms with Crippen LogP contribution in [0.4, 0.5) is 8.78 Å². The lowest BCUT2D eigenvalue weighted by molar-refractivity contribution is -0.137. The zero-order chi connectivity index (χ0) is 26.5. The van der Waals surface area contributed by atoms with Gasteiger partial charge in [-0.2, -0.15) is 0 Å². The Bertz CT molecular complexity index is 1200. The molecule has 2 fully saturated rings. The number of carbonyl (C=O) groups excluding carboxylic acids is 2. The highest BCUT2D eigenvalue weighted by Gasteiger charge is 2.49. The molecule has 0 saturated carbocycles. The van der Waals surface area contributed by atoms with E-state index in [0.717, 1.165) is 30.9 Å². The maximum Gasteiger partial charge on any atom is 0.227 e. The average molecular weight is 510 g/mol. The van der Waals surface area contributed by atoms with Gasteiger partial charge in [-0.15, -0.1) is 0 Å². The van der Waals surface area contributed by atoms with Crippen LogP contribution >= 0.6 is 0 Å². The molecule has 198 valence electrons. The maximum absolute atomic E-state index is 14.9. The Morgan fingerprint density at radius 2 is 1.73 bits per heavy atom. The van der Waals surface area contributed by atoms with Crippen LogP contribution in [0.1, 0.15) is 68.6 Å². The second kappa shape index (κ2) is 9.59. The molecular weight excluding hydrogens is 472 g/mol. The smallest absolute Gasteiger partial charge is 0.227 e. The summed E-state index contributed by atoms with van der Waals surface area (Å²) in [7, 11) is 0. The van der Waals surface area contributed by atoms with Crippen molar-refractivity contribution in [3.8, 4) is 0 Å². The van der Waals surface area contributed by atoms with E-state index in [1.165, 1.54) is 17.7 Å². The summed E-state index contributed by atoms with van der Waals surface area (Å²) in [6, 6.07) is 11.9. The Morgan fingerprint density at radius 1 is 1.03 bits per heavy atom. The van der Waals surface area contributed by atoms with E-state index in [0.29, 0.717) is 31.7 Å². The molecule has 2 aliphatic heterocycles. The summed E-state index contributed by atoms with van der Waals surface area (Å²) >= 11 is 0. The number of rotatable bonds is 4. The largest absolute Gasteiger partial charge is 0.342 e. The number of nitrogens with zero attached hydrogens (tertiary/aromatic N) is 2. The van der Waals surface area contributed by atoms with Gasteiger partial charge in [-0.25, -0.2) is 8.78 Å². The zero-order valence-corrected chi connectivity index (χ0v) is 22.0. The first-order valence-electron chi connectivity index (χ1n) is 13.3. The zero-order valence-electron chi connectivity index (χ0n) is 22.0. The van der Waals surface area contributed by atoms with Crippen LogP contribution in [-0.2, 0) is 15.0 Å². The summed E-state index contributed by atoms with van der Waals surface area (Å²) in [5.41, 5.74) is 8.14.